The number of hydrogen-bond donors (Lipinski definition) is 1. The molecule has 0 unspecified atom stereocenters. The summed E-state index contributed by atoms with van der Waals surface area (Å²) in [5.74, 6) is -1.05. The molecule has 0 atom stereocenters. The van der Waals surface area contributed by atoms with Gasteiger partial charge in [-0.2, -0.15) is 13.2 Å². The summed E-state index contributed by atoms with van der Waals surface area (Å²) in [5, 5.41) is 8.86. The van der Waals surface area contributed by atoms with E-state index in [1.165, 1.54) is 17.0 Å². The van der Waals surface area contributed by atoms with Crippen molar-refractivity contribution in [3.8, 4) is 0 Å². The molecule has 0 heterocycles. The zero-order chi connectivity index (χ0) is 15.5. The number of benzene rings is 1. The molecular weight excluding hydrogens is 271 g/mol. The van der Waals surface area contributed by atoms with E-state index in [9.17, 15) is 18.0 Å². The highest BCUT2D eigenvalue weighted by atomic mass is 19.4. The Labute approximate surface area is 116 Å². The number of aryl methyl sites for hydroxylation is 1. The van der Waals surface area contributed by atoms with Crippen molar-refractivity contribution in [2.45, 2.75) is 39.5 Å². The highest BCUT2D eigenvalue weighted by Gasteiger charge is 2.31. The van der Waals surface area contributed by atoms with Crippen LogP contribution >= 0.6 is 0 Å². The molecule has 0 aromatic heterocycles. The molecule has 0 amide bonds. The van der Waals surface area contributed by atoms with Crippen molar-refractivity contribution in [1.29, 1.82) is 0 Å². The highest BCUT2D eigenvalue weighted by molar-refractivity contribution is 5.87. The monoisotopic (exact) mass is 289 g/mol. The molecule has 3 nitrogen and oxygen atoms in total. The van der Waals surface area contributed by atoms with Crippen molar-refractivity contribution in [2.24, 2.45) is 0 Å². The Hall–Kier alpha value is -1.56. The van der Waals surface area contributed by atoms with Crippen LogP contribution in [0.15, 0.2) is 18.2 Å². The number of aromatic carboxylic acids is 1. The summed E-state index contributed by atoms with van der Waals surface area (Å²) >= 11 is 0. The van der Waals surface area contributed by atoms with Crippen LogP contribution in [0.2, 0.25) is 0 Å². The van der Waals surface area contributed by atoms with Gasteiger partial charge in [0.15, 0.2) is 0 Å². The summed E-state index contributed by atoms with van der Waals surface area (Å²) in [7, 11) is 0. The molecule has 0 fully saturated rings. The van der Waals surface area contributed by atoms with Gasteiger partial charge in [0.25, 0.3) is 0 Å². The van der Waals surface area contributed by atoms with Gasteiger partial charge in [-0.1, -0.05) is 6.07 Å². The normalized spacial score (nSPS) is 12.2. The number of nitrogens with zero attached hydrogens (tertiary/aromatic N) is 1. The van der Waals surface area contributed by atoms with E-state index in [1.807, 2.05) is 0 Å². The van der Waals surface area contributed by atoms with E-state index in [1.54, 1.807) is 26.8 Å². The van der Waals surface area contributed by atoms with Gasteiger partial charge in [-0.05, 0) is 44.0 Å². The second kappa shape index (κ2) is 6.26. The lowest BCUT2D eigenvalue weighted by Crippen LogP contribution is -2.38. The molecule has 0 aliphatic rings. The molecule has 0 aliphatic carbocycles. The molecular formula is C14H18F3NO2. The van der Waals surface area contributed by atoms with E-state index >= 15 is 0 Å². The fourth-order valence-electron chi connectivity index (χ4n) is 1.88. The Morgan fingerprint density at radius 1 is 1.35 bits per heavy atom. The second-order valence-electron chi connectivity index (χ2n) is 5.06. The van der Waals surface area contributed by atoms with E-state index in [0.717, 1.165) is 0 Å². The minimum atomic E-state index is -4.25. The fraction of sp³-hybridized carbons (Fsp3) is 0.500. The van der Waals surface area contributed by atoms with Crippen LogP contribution in [0.4, 0.5) is 13.2 Å². The maximum absolute atomic E-state index is 12.5. The van der Waals surface area contributed by atoms with E-state index in [4.69, 9.17) is 5.11 Å². The molecule has 0 saturated heterocycles. The Morgan fingerprint density at radius 3 is 2.35 bits per heavy atom. The van der Waals surface area contributed by atoms with Gasteiger partial charge in [0, 0.05) is 12.6 Å². The SMILES string of the molecule is Cc1cc(C(=O)O)ccc1CN(CC(F)(F)F)C(C)C. The quantitative estimate of drug-likeness (QED) is 0.902. The van der Waals surface area contributed by atoms with Crippen LogP contribution in [-0.4, -0.2) is 34.7 Å². The van der Waals surface area contributed by atoms with Crippen LogP contribution in [0.25, 0.3) is 0 Å². The van der Waals surface area contributed by atoms with Gasteiger partial charge in [-0.25, -0.2) is 4.79 Å². The molecule has 1 rings (SSSR count). The lowest BCUT2D eigenvalue weighted by atomic mass is 10.0. The first-order chi connectivity index (χ1) is 9.10. The number of halogens is 3. The third-order valence-corrected chi connectivity index (χ3v) is 3.08. The van der Waals surface area contributed by atoms with Crippen molar-refractivity contribution < 1.29 is 23.1 Å². The third kappa shape index (κ3) is 4.85. The summed E-state index contributed by atoms with van der Waals surface area (Å²) in [6.07, 6.45) is -4.25. The van der Waals surface area contributed by atoms with E-state index in [2.05, 4.69) is 0 Å². The van der Waals surface area contributed by atoms with Crippen molar-refractivity contribution >= 4 is 5.97 Å². The average molecular weight is 289 g/mol. The molecule has 20 heavy (non-hydrogen) atoms. The zero-order valence-corrected chi connectivity index (χ0v) is 11.7. The minimum absolute atomic E-state index is 0.137. The van der Waals surface area contributed by atoms with Gasteiger partial charge in [-0.15, -0.1) is 0 Å². The van der Waals surface area contributed by atoms with Crippen LogP contribution < -0.4 is 0 Å². The molecule has 0 saturated carbocycles. The number of alkyl halides is 3. The standard InChI is InChI=1S/C14H18F3NO2/c1-9(2)18(8-14(15,16)17)7-12-5-4-11(13(19)20)6-10(12)3/h4-6,9H,7-8H2,1-3H3,(H,19,20). The molecule has 6 heteroatoms. The fourth-order valence-corrected chi connectivity index (χ4v) is 1.88. The van der Waals surface area contributed by atoms with Crippen LogP contribution in [-0.2, 0) is 6.54 Å². The van der Waals surface area contributed by atoms with Gasteiger partial charge in [0.05, 0.1) is 12.1 Å². The van der Waals surface area contributed by atoms with Crippen molar-refractivity contribution in [3.63, 3.8) is 0 Å². The zero-order valence-electron chi connectivity index (χ0n) is 11.7. The van der Waals surface area contributed by atoms with E-state index < -0.39 is 18.7 Å². The molecule has 1 aromatic rings. The van der Waals surface area contributed by atoms with Crippen LogP contribution in [0, 0.1) is 6.92 Å². The summed E-state index contributed by atoms with van der Waals surface area (Å²) in [6, 6.07) is 4.21. The summed E-state index contributed by atoms with van der Waals surface area (Å²) < 4.78 is 37.6. The Balaban J connectivity index is 2.92. The van der Waals surface area contributed by atoms with Crippen molar-refractivity contribution in [1.82, 2.24) is 4.90 Å². The lowest BCUT2D eigenvalue weighted by molar-refractivity contribution is -0.150. The van der Waals surface area contributed by atoms with Crippen LogP contribution in [0.5, 0.6) is 0 Å². The Morgan fingerprint density at radius 2 is 1.95 bits per heavy atom. The molecule has 1 aromatic carbocycles. The minimum Gasteiger partial charge on any atom is -0.478 e. The number of carbonyl (C=O) groups is 1. The molecule has 112 valence electrons. The van der Waals surface area contributed by atoms with Crippen molar-refractivity contribution in [3.05, 3.63) is 34.9 Å². The highest BCUT2D eigenvalue weighted by Crippen LogP contribution is 2.21. The molecule has 0 radical (unpaired) electrons. The maximum Gasteiger partial charge on any atom is 0.401 e. The average Bonchev–Trinajstić information content (AvgIpc) is 2.28. The lowest BCUT2D eigenvalue weighted by Gasteiger charge is -2.28. The molecule has 0 aliphatic heterocycles. The number of hydrogen-bond acceptors (Lipinski definition) is 2. The number of carboxylic acid groups (broad SMARTS) is 1. The third-order valence-electron chi connectivity index (χ3n) is 3.08. The number of carboxylic acids is 1. The van der Waals surface area contributed by atoms with E-state index in [-0.39, 0.29) is 18.2 Å². The summed E-state index contributed by atoms with van der Waals surface area (Å²) in [5.41, 5.74) is 1.52. The van der Waals surface area contributed by atoms with Crippen molar-refractivity contribution in [2.75, 3.05) is 6.54 Å². The number of rotatable bonds is 5. The van der Waals surface area contributed by atoms with Gasteiger partial charge in [-0.3, -0.25) is 4.90 Å². The summed E-state index contributed by atoms with van der Waals surface area (Å²) in [6.45, 7) is 4.26. The van der Waals surface area contributed by atoms with Gasteiger partial charge in [0.2, 0.25) is 0 Å². The topological polar surface area (TPSA) is 40.5 Å². The van der Waals surface area contributed by atoms with Gasteiger partial charge in [0.1, 0.15) is 0 Å². The van der Waals surface area contributed by atoms with Gasteiger partial charge < -0.3 is 5.11 Å². The summed E-state index contributed by atoms with van der Waals surface area (Å²) in [4.78, 5) is 12.1. The largest absolute Gasteiger partial charge is 0.478 e. The molecule has 0 bridgehead atoms. The van der Waals surface area contributed by atoms with Crippen LogP contribution in [0.1, 0.15) is 35.3 Å². The Kier molecular flexibility index (Phi) is 5.16. The Bertz CT molecular complexity index is 484. The molecule has 0 spiro atoms. The maximum atomic E-state index is 12.5. The second-order valence-corrected chi connectivity index (χ2v) is 5.06. The first kappa shape index (κ1) is 16.5. The smallest absolute Gasteiger partial charge is 0.401 e. The first-order valence-corrected chi connectivity index (χ1v) is 6.24. The molecule has 1 N–H and O–H groups in total. The van der Waals surface area contributed by atoms with Crippen LogP contribution in [0.3, 0.4) is 0 Å². The van der Waals surface area contributed by atoms with E-state index in [0.29, 0.717) is 11.1 Å². The predicted octanol–water partition coefficient (Wildman–Crippen LogP) is 3.47. The first-order valence-electron chi connectivity index (χ1n) is 6.24. The van der Waals surface area contributed by atoms with Gasteiger partial charge >= 0.3 is 12.1 Å². The predicted molar refractivity (Wildman–Crippen MR) is 69.7 cm³/mol.